The number of hydrogen-bond acceptors (Lipinski definition) is 7. The first kappa shape index (κ1) is 23.6. The van der Waals surface area contributed by atoms with E-state index in [1.54, 1.807) is 11.6 Å². The third-order valence-electron chi connectivity index (χ3n) is 6.33. The molecule has 1 spiro atoms. The lowest BCUT2D eigenvalue weighted by molar-refractivity contribution is 0.0566. The van der Waals surface area contributed by atoms with Crippen LogP contribution in [0, 0.1) is 5.82 Å². The molecule has 0 unspecified atom stereocenters. The molecule has 0 saturated carbocycles. The number of aromatic nitrogens is 3. The van der Waals surface area contributed by atoms with Crippen LogP contribution >= 0.6 is 22.9 Å². The first-order valence-corrected chi connectivity index (χ1v) is 13.4. The Bertz CT molecular complexity index is 1520. The zero-order chi connectivity index (χ0) is 25.2. The summed E-state index contributed by atoms with van der Waals surface area (Å²) in [6.07, 6.45) is 4.39. The van der Waals surface area contributed by atoms with E-state index in [2.05, 4.69) is 19.5 Å². The van der Waals surface area contributed by atoms with Crippen LogP contribution in [-0.2, 0) is 10.2 Å². The normalized spacial score (nSPS) is 25.2. The lowest BCUT2D eigenvalue weighted by Gasteiger charge is -2.32. The molecule has 2 aromatic heterocycles. The summed E-state index contributed by atoms with van der Waals surface area (Å²) in [5.41, 5.74) is 1.13. The number of fused-ring (bicyclic) bond motifs is 1. The number of hydrogen-bond donors (Lipinski definition) is 2. The largest absolute Gasteiger partial charge is 0.333 e. The van der Waals surface area contributed by atoms with Crippen LogP contribution in [0.1, 0.15) is 35.1 Å². The third-order valence-corrected chi connectivity index (χ3v) is 8.65. The van der Waals surface area contributed by atoms with E-state index in [0.29, 0.717) is 37.9 Å². The van der Waals surface area contributed by atoms with E-state index in [9.17, 15) is 21.6 Å². The van der Waals surface area contributed by atoms with E-state index in [1.807, 2.05) is 4.90 Å². The van der Waals surface area contributed by atoms with Gasteiger partial charge in [0, 0.05) is 59.1 Å². The van der Waals surface area contributed by atoms with Crippen LogP contribution in [0.4, 0.5) is 13.2 Å². The Hall–Kier alpha value is -2.78. The number of rotatable bonds is 4. The third kappa shape index (κ3) is 3.93. The molecule has 9 nitrogen and oxygen atoms in total. The van der Waals surface area contributed by atoms with Crippen LogP contribution in [0.5, 0.6) is 0 Å². The van der Waals surface area contributed by atoms with Gasteiger partial charge in [-0.15, -0.1) is 11.3 Å². The summed E-state index contributed by atoms with van der Waals surface area (Å²) in [6.45, 7) is -2.48. The van der Waals surface area contributed by atoms with Crippen molar-refractivity contribution < 1.29 is 21.6 Å². The number of alkyl halides is 2. The summed E-state index contributed by atoms with van der Waals surface area (Å²) in [4.78, 5) is 11.2. The van der Waals surface area contributed by atoms with Crippen molar-refractivity contribution in [3.63, 3.8) is 0 Å². The Kier molecular flexibility index (Phi) is 5.50. The second-order valence-electron chi connectivity index (χ2n) is 8.68. The molecular formula is C21H17ClF3N7O2S2. The fraction of sp³-hybridized carbons (Fsp3) is 0.286. The highest BCUT2D eigenvalue weighted by atomic mass is 35.5. The summed E-state index contributed by atoms with van der Waals surface area (Å²) in [7, 11) is -3.70. The van der Waals surface area contributed by atoms with Crippen molar-refractivity contribution >= 4 is 44.6 Å². The van der Waals surface area contributed by atoms with E-state index < -0.39 is 34.2 Å². The van der Waals surface area contributed by atoms with Crippen LogP contribution in [-0.4, -0.2) is 52.5 Å². The molecule has 36 heavy (non-hydrogen) atoms. The van der Waals surface area contributed by atoms with Crippen LogP contribution in [0.3, 0.4) is 0 Å². The number of benzene rings is 1. The number of amidine groups is 1. The average molecular weight is 556 g/mol. The van der Waals surface area contributed by atoms with Gasteiger partial charge in [-0.2, -0.15) is 27.0 Å². The molecule has 1 aromatic carbocycles. The van der Waals surface area contributed by atoms with Crippen LogP contribution in [0.25, 0.3) is 5.57 Å². The molecular weight excluding hydrogens is 539 g/mol. The number of nitrogens with one attached hydrogen (secondary N) is 2. The van der Waals surface area contributed by atoms with Crippen molar-refractivity contribution in [3.05, 3.63) is 74.8 Å². The van der Waals surface area contributed by atoms with Gasteiger partial charge in [0.2, 0.25) is 0 Å². The molecule has 2 fully saturated rings. The van der Waals surface area contributed by atoms with Gasteiger partial charge in [0.15, 0.2) is 10.8 Å². The molecule has 5 heterocycles. The van der Waals surface area contributed by atoms with Gasteiger partial charge >= 0.3 is 6.55 Å². The molecule has 188 valence electrons. The molecule has 2 N–H and O–H groups in total. The van der Waals surface area contributed by atoms with Gasteiger partial charge < -0.3 is 4.90 Å². The van der Waals surface area contributed by atoms with Gasteiger partial charge in [-0.3, -0.25) is 4.99 Å². The molecule has 15 heteroatoms. The molecule has 2 saturated heterocycles. The zero-order valence-electron chi connectivity index (χ0n) is 18.2. The van der Waals surface area contributed by atoms with Crippen LogP contribution < -0.4 is 9.44 Å². The first-order valence-electron chi connectivity index (χ1n) is 10.7. The number of halogens is 4. The minimum Gasteiger partial charge on any atom is -0.326 e. The minimum atomic E-state index is -3.70. The summed E-state index contributed by atoms with van der Waals surface area (Å²) >= 11 is 7.79. The van der Waals surface area contributed by atoms with Crippen LogP contribution in [0.2, 0.25) is 5.02 Å². The van der Waals surface area contributed by atoms with Crippen LogP contribution in [0.15, 0.2) is 52.9 Å². The first-order chi connectivity index (χ1) is 17.1. The van der Waals surface area contributed by atoms with Gasteiger partial charge in [-0.1, -0.05) is 17.7 Å². The Morgan fingerprint density at radius 1 is 1.31 bits per heavy atom. The smallest absolute Gasteiger partial charge is 0.326 e. The minimum absolute atomic E-state index is 0.117. The molecule has 0 aliphatic carbocycles. The number of nitrogens with zero attached hydrogens (tertiary/aromatic N) is 5. The Morgan fingerprint density at radius 3 is 2.78 bits per heavy atom. The Labute approximate surface area is 212 Å². The highest BCUT2D eigenvalue weighted by molar-refractivity contribution is 7.87. The quantitative estimate of drug-likeness (QED) is 0.514. The maximum Gasteiger partial charge on any atom is 0.333 e. The average Bonchev–Trinajstić information content (AvgIpc) is 3.59. The molecule has 6 rings (SSSR count). The zero-order valence-corrected chi connectivity index (χ0v) is 20.6. The lowest BCUT2D eigenvalue weighted by Crippen LogP contribution is -2.47. The second-order valence-corrected chi connectivity index (χ2v) is 11.5. The lowest BCUT2D eigenvalue weighted by atomic mass is 9.89. The predicted molar refractivity (Wildman–Crippen MR) is 127 cm³/mol. The fourth-order valence-electron chi connectivity index (χ4n) is 4.87. The van der Waals surface area contributed by atoms with E-state index in [4.69, 9.17) is 16.6 Å². The van der Waals surface area contributed by atoms with E-state index >= 15 is 0 Å². The van der Waals surface area contributed by atoms with Crippen molar-refractivity contribution in [2.45, 2.75) is 24.6 Å². The topological polar surface area (TPSA) is 105 Å². The van der Waals surface area contributed by atoms with Crippen molar-refractivity contribution in [1.82, 2.24) is 29.1 Å². The monoisotopic (exact) mass is 555 g/mol. The van der Waals surface area contributed by atoms with E-state index in [0.717, 1.165) is 6.07 Å². The van der Waals surface area contributed by atoms with Gasteiger partial charge in [-0.25, -0.2) is 18.8 Å². The molecule has 2 atom stereocenters. The molecule has 3 aliphatic heterocycles. The summed E-state index contributed by atoms with van der Waals surface area (Å²) < 4.78 is 70.9. The van der Waals surface area contributed by atoms with Gasteiger partial charge in [0.25, 0.3) is 10.2 Å². The molecule has 0 radical (unpaired) electrons. The highest BCUT2D eigenvalue weighted by Gasteiger charge is 2.52. The maximum absolute atomic E-state index is 13.9. The standard InChI is InChI=1S/C21H17ClF3N7O2S2/c22-14-5-12(23)1-2-13(14)17-16(11-7-27-32(8-11)20(24)25)15-6-21(9-28-36(33,34)30-21)10-31(15)18(29-17)19-26-3-4-35-19/h1-5,7-8,17,20,28,30H,6,9-10H2/t17-,21+/m0/s1. The maximum atomic E-state index is 13.9. The van der Waals surface area contributed by atoms with Crippen molar-refractivity contribution in [1.29, 1.82) is 0 Å². The fourth-order valence-corrected chi connectivity index (χ4v) is 7.09. The van der Waals surface area contributed by atoms with Crippen molar-refractivity contribution in [3.8, 4) is 0 Å². The molecule has 0 amide bonds. The number of aliphatic imine (C=N–C) groups is 1. The van der Waals surface area contributed by atoms with E-state index in [-0.39, 0.29) is 24.5 Å². The molecule has 3 aliphatic rings. The Balaban J connectivity index is 1.59. The predicted octanol–water partition coefficient (Wildman–Crippen LogP) is 3.32. The van der Waals surface area contributed by atoms with Gasteiger partial charge in [-0.05, 0) is 17.7 Å². The molecule has 0 bridgehead atoms. The van der Waals surface area contributed by atoms with Gasteiger partial charge in [0.05, 0.1) is 11.7 Å². The summed E-state index contributed by atoms with van der Waals surface area (Å²) in [6, 6.07) is 3.11. The number of thiazole rings is 1. The summed E-state index contributed by atoms with van der Waals surface area (Å²) in [5, 5.41) is 6.28. The van der Waals surface area contributed by atoms with Crippen molar-refractivity contribution in [2.75, 3.05) is 13.1 Å². The molecule has 3 aromatic rings. The highest BCUT2D eigenvalue weighted by Crippen LogP contribution is 2.48. The van der Waals surface area contributed by atoms with Gasteiger partial charge in [0.1, 0.15) is 11.9 Å². The Morgan fingerprint density at radius 2 is 2.14 bits per heavy atom. The van der Waals surface area contributed by atoms with Crippen molar-refractivity contribution in [2.24, 2.45) is 4.99 Å². The summed E-state index contributed by atoms with van der Waals surface area (Å²) in [5.74, 6) is -0.0466. The second kappa shape index (κ2) is 8.38. The van der Waals surface area contributed by atoms with E-state index in [1.165, 1.54) is 35.9 Å². The SMILES string of the molecule is O=S1(=O)NC[C@@]2(CC3=C(c4cnn(C(F)F)c4)[C@H](c4ccc(F)cc4Cl)N=C(c4nccs4)N3C2)N1.